The molecule has 0 radical (unpaired) electrons. The normalized spacial score (nSPS) is 11.3. The number of carboxylic acid groups (broad SMARTS) is 1. The minimum absolute atomic E-state index is 0.267. The van der Waals surface area contributed by atoms with Crippen molar-refractivity contribution < 1.29 is 14.6 Å². The maximum Gasteiger partial charge on any atom is 0.335 e. The minimum Gasteiger partial charge on any atom is -0.494 e. The van der Waals surface area contributed by atoms with Gasteiger partial charge in [0.2, 0.25) is 0 Å². The Morgan fingerprint density at radius 3 is 2.56 bits per heavy atom. The maximum atomic E-state index is 11.3. The molecule has 5 nitrogen and oxygen atoms in total. The van der Waals surface area contributed by atoms with Gasteiger partial charge in [0.1, 0.15) is 11.6 Å². The summed E-state index contributed by atoms with van der Waals surface area (Å²) in [5.41, 5.74) is 3.14. The summed E-state index contributed by atoms with van der Waals surface area (Å²) in [6.45, 7) is 7.89. The highest BCUT2D eigenvalue weighted by Crippen LogP contribution is 2.22. The van der Waals surface area contributed by atoms with E-state index in [2.05, 4.69) is 30.5 Å². The first-order valence-electron chi connectivity index (χ1n) is 9.42. The lowest BCUT2D eigenvalue weighted by atomic mass is 10.1. The molecule has 27 heavy (non-hydrogen) atoms. The molecular weight excluding hydrogens is 340 g/mol. The zero-order valence-electron chi connectivity index (χ0n) is 16.1. The van der Waals surface area contributed by atoms with Crippen molar-refractivity contribution in [3.8, 4) is 5.75 Å². The van der Waals surface area contributed by atoms with Gasteiger partial charge in [0, 0.05) is 13.0 Å². The van der Waals surface area contributed by atoms with Crippen molar-refractivity contribution in [3.05, 3.63) is 59.4 Å². The van der Waals surface area contributed by atoms with Crippen molar-refractivity contribution in [3.63, 3.8) is 0 Å². The Balaban J connectivity index is 1.95. The number of hydrogen-bond donors (Lipinski definition) is 1. The van der Waals surface area contributed by atoms with Crippen LogP contribution in [0.2, 0.25) is 0 Å². The summed E-state index contributed by atoms with van der Waals surface area (Å²) in [4.78, 5) is 16.0. The summed E-state index contributed by atoms with van der Waals surface area (Å²) in [5, 5.41) is 9.26. The van der Waals surface area contributed by atoms with E-state index >= 15 is 0 Å². The van der Waals surface area contributed by atoms with Crippen LogP contribution in [0.3, 0.4) is 0 Å². The van der Waals surface area contributed by atoms with Crippen LogP contribution in [0.5, 0.6) is 5.75 Å². The van der Waals surface area contributed by atoms with Crippen molar-refractivity contribution in [1.82, 2.24) is 9.55 Å². The highest BCUT2D eigenvalue weighted by atomic mass is 16.5. The number of imidazole rings is 1. The minimum atomic E-state index is -0.929. The molecule has 0 fully saturated rings. The van der Waals surface area contributed by atoms with Crippen LogP contribution in [0.15, 0.2) is 42.5 Å². The Labute approximate surface area is 159 Å². The van der Waals surface area contributed by atoms with E-state index in [-0.39, 0.29) is 5.56 Å². The second-order valence-corrected chi connectivity index (χ2v) is 7.12. The van der Waals surface area contributed by atoms with E-state index in [1.54, 1.807) is 12.1 Å². The zero-order valence-corrected chi connectivity index (χ0v) is 16.1. The smallest absolute Gasteiger partial charge is 0.335 e. The van der Waals surface area contributed by atoms with Gasteiger partial charge in [-0.1, -0.05) is 26.0 Å². The molecule has 3 rings (SSSR count). The number of hydrogen-bond acceptors (Lipinski definition) is 3. The highest BCUT2D eigenvalue weighted by Gasteiger charge is 2.14. The molecule has 0 saturated heterocycles. The quantitative estimate of drug-likeness (QED) is 0.624. The topological polar surface area (TPSA) is 64.3 Å². The number of nitrogens with zero attached hydrogens (tertiary/aromatic N) is 2. The van der Waals surface area contributed by atoms with Crippen LogP contribution in [-0.2, 0) is 13.0 Å². The average molecular weight is 366 g/mol. The summed E-state index contributed by atoms with van der Waals surface area (Å²) in [7, 11) is 0. The van der Waals surface area contributed by atoms with Gasteiger partial charge < -0.3 is 14.4 Å². The largest absolute Gasteiger partial charge is 0.494 e. The van der Waals surface area contributed by atoms with Gasteiger partial charge in [-0.3, -0.25) is 0 Å². The van der Waals surface area contributed by atoms with E-state index in [9.17, 15) is 9.90 Å². The Kier molecular flexibility index (Phi) is 5.79. The van der Waals surface area contributed by atoms with E-state index in [4.69, 9.17) is 9.72 Å². The van der Waals surface area contributed by atoms with Crippen LogP contribution >= 0.6 is 0 Å². The molecule has 3 aromatic rings. The zero-order chi connectivity index (χ0) is 19.4. The third kappa shape index (κ3) is 4.48. The van der Waals surface area contributed by atoms with E-state index in [0.29, 0.717) is 18.9 Å². The molecule has 0 aliphatic carbocycles. The molecular formula is C22H26N2O3. The van der Waals surface area contributed by atoms with Gasteiger partial charge in [0.05, 0.1) is 23.2 Å². The molecule has 0 amide bonds. The Bertz CT molecular complexity index is 927. The lowest BCUT2D eigenvalue weighted by molar-refractivity contribution is 0.0697. The number of rotatable bonds is 8. The first-order chi connectivity index (χ1) is 13.0. The summed E-state index contributed by atoms with van der Waals surface area (Å²) in [5.74, 6) is 1.47. The number of carbonyl (C=O) groups is 1. The SMILES string of the molecule is CCOc1ccc(Cc2nc3cc(C(=O)O)ccc3n2CCC(C)C)cc1. The molecule has 0 bridgehead atoms. The van der Waals surface area contributed by atoms with Crippen molar-refractivity contribution in [2.45, 2.75) is 40.2 Å². The molecule has 1 aromatic heterocycles. The Morgan fingerprint density at radius 2 is 1.93 bits per heavy atom. The fourth-order valence-electron chi connectivity index (χ4n) is 3.14. The van der Waals surface area contributed by atoms with Crippen molar-refractivity contribution >= 4 is 17.0 Å². The van der Waals surface area contributed by atoms with Crippen molar-refractivity contribution in [2.24, 2.45) is 5.92 Å². The monoisotopic (exact) mass is 366 g/mol. The van der Waals surface area contributed by atoms with Crippen LogP contribution in [-0.4, -0.2) is 27.2 Å². The van der Waals surface area contributed by atoms with Crippen LogP contribution in [0.4, 0.5) is 0 Å². The molecule has 0 aliphatic rings. The van der Waals surface area contributed by atoms with Crippen LogP contribution in [0.25, 0.3) is 11.0 Å². The molecule has 0 atom stereocenters. The number of ether oxygens (including phenoxy) is 1. The van der Waals surface area contributed by atoms with Gasteiger partial charge in [-0.05, 0) is 55.2 Å². The van der Waals surface area contributed by atoms with Gasteiger partial charge in [-0.25, -0.2) is 9.78 Å². The van der Waals surface area contributed by atoms with Gasteiger partial charge in [0.25, 0.3) is 0 Å². The number of carboxylic acids is 1. The fourth-order valence-corrected chi connectivity index (χ4v) is 3.14. The molecule has 2 aromatic carbocycles. The van der Waals surface area contributed by atoms with E-state index in [0.717, 1.165) is 41.1 Å². The number of aromatic carboxylic acids is 1. The summed E-state index contributed by atoms with van der Waals surface area (Å²) < 4.78 is 7.73. The van der Waals surface area contributed by atoms with Crippen LogP contribution in [0.1, 0.15) is 48.9 Å². The third-order valence-corrected chi connectivity index (χ3v) is 4.60. The summed E-state index contributed by atoms with van der Waals surface area (Å²) in [6.07, 6.45) is 1.74. The number of fused-ring (bicyclic) bond motifs is 1. The standard InChI is InChI=1S/C22H26N2O3/c1-4-27-18-8-5-16(6-9-18)13-21-23-19-14-17(22(25)26)7-10-20(19)24(21)12-11-15(2)3/h5-10,14-15H,4,11-13H2,1-3H3,(H,25,26). The fraction of sp³-hybridized carbons (Fsp3) is 0.364. The van der Waals surface area contributed by atoms with Crippen LogP contribution in [0, 0.1) is 5.92 Å². The molecule has 0 saturated carbocycles. The average Bonchev–Trinajstić information content (AvgIpc) is 2.98. The first-order valence-corrected chi connectivity index (χ1v) is 9.42. The van der Waals surface area contributed by atoms with Crippen LogP contribution < -0.4 is 4.74 Å². The van der Waals surface area contributed by atoms with E-state index < -0.39 is 5.97 Å². The van der Waals surface area contributed by atoms with Crippen molar-refractivity contribution in [2.75, 3.05) is 6.61 Å². The van der Waals surface area contributed by atoms with Gasteiger partial charge in [-0.15, -0.1) is 0 Å². The second kappa shape index (κ2) is 8.25. The number of aromatic nitrogens is 2. The van der Waals surface area contributed by atoms with E-state index in [1.807, 2.05) is 25.1 Å². The summed E-state index contributed by atoms with van der Waals surface area (Å²) >= 11 is 0. The molecule has 142 valence electrons. The second-order valence-electron chi connectivity index (χ2n) is 7.12. The van der Waals surface area contributed by atoms with Gasteiger partial charge in [0.15, 0.2) is 0 Å². The van der Waals surface area contributed by atoms with E-state index in [1.165, 1.54) is 0 Å². The first kappa shape index (κ1) is 19.0. The molecule has 0 spiro atoms. The lowest BCUT2D eigenvalue weighted by Crippen LogP contribution is -2.07. The Morgan fingerprint density at radius 1 is 1.19 bits per heavy atom. The molecule has 1 heterocycles. The van der Waals surface area contributed by atoms with Gasteiger partial charge in [-0.2, -0.15) is 0 Å². The Hall–Kier alpha value is -2.82. The maximum absolute atomic E-state index is 11.3. The molecule has 0 unspecified atom stereocenters. The number of benzene rings is 2. The third-order valence-electron chi connectivity index (χ3n) is 4.60. The molecule has 5 heteroatoms. The lowest BCUT2D eigenvalue weighted by Gasteiger charge is -2.11. The van der Waals surface area contributed by atoms with Gasteiger partial charge >= 0.3 is 5.97 Å². The molecule has 1 N–H and O–H groups in total. The predicted molar refractivity (Wildman–Crippen MR) is 107 cm³/mol. The molecule has 0 aliphatic heterocycles. The highest BCUT2D eigenvalue weighted by molar-refractivity contribution is 5.92. The summed E-state index contributed by atoms with van der Waals surface area (Å²) in [6, 6.07) is 13.2. The van der Waals surface area contributed by atoms with Crippen molar-refractivity contribution in [1.29, 1.82) is 0 Å². The predicted octanol–water partition coefficient (Wildman–Crippen LogP) is 4.77. The number of aryl methyl sites for hydroxylation is 1.